The van der Waals surface area contributed by atoms with Gasteiger partial charge in [-0.2, -0.15) is 5.10 Å². The van der Waals surface area contributed by atoms with Crippen molar-refractivity contribution in [2.24, 2.45) is 0 Å². The van der Waals surface area contributed by atoms with Gasteiger partial charge < -0.3 is 15.1 Å². The van der Waals surface area contributed by atoms with Crippen LogP contribution in [-0.2, 0) is 11.3 Å². The van der Waals surface area contributed by atoms with E-state index >= 15 is 0 Å². The molecular formula is C19H25N5O2. The molecule has 1 aromatic heterocycles. The van der Waals surface area contributed by atoms with E-state index in [-0.39, 0.29) is 24.5 Å². The van der Waals surface area contributed by atoms with Gasteiger partial charge in [0.25, 0.3) is 0 Å². The highest BCUT2D eigenvalue weighted by atomic mass is 16.2. The summed E-state index contributed by atoms with van der Waals surface area (Å²) in [6.07, 6.45) is 3.56. The molecule has 26 heavy (non-hydrogen) atoms. The third kappa shape index (κ3) is 4.22. The second-order valence-electron chi connectivity index (χ2n) is 6.89. The first-order chi connectivity index (χ1) is 12.4. The maximum absolute atomic E-state index is 12.6. The fraction of sp³-hybridized carbons (Fsp3) is 0.421. The van der Waals surface area contributed by atoms with Crippen LogP contribution in [0.4, 0.5) is 10.5 Å². The molecule has 1 aromatic carbocycles. The van der Waals surface area contributed by atoms with E-state index < -0.39 is 0 Å². The number of anilines is 1. The molecule has 1 aliphatic rings. The van der Waals surface area contributed by atoms with E-state index in [1.165, 1.54) is 0 Å². The summed E-state index contributed by atoms with van der Waals surface area (Å²) in [5.74, 6) is -0.0591. The Kier molecular flexibility index (Phi) is 5.25. The largest absolute Gasteiger partial charge is 0.334 e. The van der Waals surface area contributed by atoms with Crippen molar-refractivity contribution in [2.75, 3.05) is 24.5 Å². The third-order valence-corrected chi connectivity index (χ3v) is 4.42. The quantitative estimate of drug-likeness (QED) is 0.911. The summed E-state index contributed by atoms with van der Waals surface area (Å²) in [5, 5.41) is 7.07. The molecule has 1 unspecified atom stereocenters. The molecular weight excluding hydrogens is 330 g/mol. The van der Waals surface area contributed by atoms with Crippen LogP contribution in [0.1, 0.15) is 18.1 Å². The molecule has 0 spiro atoms. The first-order valence-corrected chi connectivity index (χ1v) is 8.84. The Bertz CT molecular complexity index is 767. The minimum Gasteiger partial charge on any atom is -0.334 e. The van der Waals surface area contributed by atoms with Crippen LogP contribution in [0, 0.1) is 13.8 Å². The lowest BCUT2D eigenvalue weighted by Gasteiger charge is -2.35. The van der Waals surface area contributed by atoms with E-state index in [1.54, 1.807) is 20.7 Å². The molecule has 3 amide bonds. The van der Waals surface area contributed by atoms with Crippen LogP contribution in [0.5, 0.6) is 0 Å². The van der Waals surface area contributed by atoms with Crippen LogP contribution in [0.25, 0.3) is 0 Å². The minimum atomic E-state index is -0.210. The van der Waals surface area contributed by atoms with Gasteiger partial charge >= 0.3 is 6.03 Å². The Balaban J connectivity index is 1.57. The Morgan fingerprint density at radius 3 is 2.58 bits per heavy atom. The highest BCUT2D eigenvalue weighted by Gasteiger charge is 2.28. The van der Waals surface area contributed by atoms with E-state index in [4.69, 9.17) is 0 Å². The van der Waals surface area contributed by atoms with Crippen LogP contribution in [0.15, 0.2) is 36.7 Å². The average molecular weight is 355 g/mol. The van der Waals surface area contributed by atoms with Crippen LogP contribution < -0.4 is 10.2 Å². The standard InChI is InChI=1S/C19H25N5O2/c1-14-9-15(2)11-17(10-14)24-8-7-22(13-18(24)25)19(26)21-16(3)12-23-6-4-5-20-23/h4-6,9-11,16H,7-8,12-13H2,1-3H3,(H,21,26). The second kappa shape index (κ2) is 7.59. The summed E-state index contributed by atoms with van der Waals surface area (Å²) in [7, 11) is 0. The number of carbonyl (C=O) groups is 2. The maximum atomic E-state index is 12.6. The van der Waals surface area contributed by atoms with Gasteiger partial charge in [0.05, 0.1) is 6.54 Å². The summed E-state index contributed by atoms with van der Waals surface area (Å²) >= 11 is 0. The third-order valence-electron chi connectivity index (χ3n) is 4.42. The molecule has 2 heterocycles. The number of hydrogen-bond donors (Lipinski definition) is 1. The van der Waals surface area contributed by atoms with Crippen LogP contribution >= 0.6 is 0 Å². The molecule has 0 radical (unpaired) electrons. The number of aromatic nitrogens is 2. The topological polar surface area (TPSA) is 70.5 Å². The van der Waals surface area contributed by atoms with Gasteiger partial charge in [-0.05, 0) is 50.1 Å². The lowest BCUT2D eigenvalue weighted by Crippen LogP contribution is -2.56. The highest BCUT2D eigenvalue weighted by Crippen LogP contribution is 2.21. The van der Waals surface area contributed by atoms with Crippen molar-refractivity contribution in [3.05, 3.63) is 47.8 Å². The van der Waals surface area contributed by atoms with E-state index in [2.05, 4.69) is 16.5 Å². The van der Waals surface area contributed by atoms with Gasteiger partial charge in [0.2, 0.25) is 5.91 Å². The van der Waals surface area contributed by atoms with Gasteiger partial charge in [0.15, 0.2) is 0 Å². The number of rotatable bonds is 4. The first kappa shape index (κ1) is 18.0. The maximum Gasteiger partial charge on any atom is 0.318 e. The van der Waals surface area contributed by atoms with Crippen LogP contribution in [0.2, 0.25) is 0 Å². The fourth-order valence-corrected chi connectivity index (χ4v) is 3.26. The molecule has 2 aromatic rings. The van der Waals surface area contributed by atoms with Gasteiger partial charge in [-0.3, -0.25) is 9.48 Å². The van der Waals surface area contributed by atoms with Crippen molar-refractivity contribution in [1.29, 1.82) is 0 Å². The number of nitrogens with one attached hydrogen (secondary N) is 1. The normalized spacial score (nSPS) is 15.9. The zero-order valence-electron chi connectivity index (χ0n) is 15.5. The number of amides is 3. The number of piperazine rings is 1. The first-order valence-electron chi connectivity index (χ1n) is 8.84. The molecule has 0 bridgehead atoms. The molecule has 7 nitrogen and oxygen atoms in total. The number of nitrogens with zero attached hydrogens (tertiary/aromatic N) is 4. The van der Waals surface area contributed by atoms with Gasteiger partial charge in [0.1, 0.15) is 6.54 Å². The Morgan fingerprint density at radius 2 is 1.96 bits per heavy atom. The van der Waals surface area contributed by atoms with Crippen molar-refractivity contribution in [3.63, 3.8) is 0 Å². The molecule has 1 aliphatic heterocycles. The smallest absolute Gasteiger partial charge is 0.318 e. The predicted molar refractivity (Wildman–Crippen MR) is 100 cm³/mol. The summed E-state index contributed by atoms with van der Waals surface area (Å²) in [6.45, 7) is 7.66. The Hall–Kier alpha value is -2.83. The highest BCUT2D eigenvalue weighted by molar-refractivity contribution is 5.97. The van der Waals surface area contributed by atoms with Crippen LogP contribution in [0.3, 0.4) is 0 Å². The van der Waals surface area contributed by atoms with Gasteiger partial charge in [-0.1, -0.05) is 6.07 Å². The zero-order chi connectivity index (χ0) is 18.7. The lowest BCUT2D eigenvalue weighted by atomic mass is 10.1. The lowest BCUT2D eigenvalue weighted by molar-refractivity contribution is -0.120. The number of urea groups is 1. The van der Waals surface area contributed by atoms with Crippen LogP contribution in [-0.4, -0.2) is 52.3 Å². The summed E-state index contributed by atoms with van der Waals surface area (Å²) in [5.41, 5.74) is 3.15. The number of aryl methyl sites for hydroxylation is 2. The summed E-state index contributed by atoms with van der Waals surface area (Å²) in [4.78, 5) is 28.3. The minimum absolute atomic E-state index is 0.0591. The van der Waals surface area contributed by atoms with Crippen molar-refractivity contribution in [2.45, 2.75) is 33.4 Å². The van der Waals surface area contributed by atoms with Gasteiger partial charge in [-0.15, -0.1) is 0 Å². The second-order valence-corrected chi connectivity index (χ2v) is 6.89. The molecule has 3 rings (SSSR count). The molecule has 1 atom stereocenters. The molecule has 7 heteroatoms. The molecule has 1 N–H and O–H groups in total. The average Bonchev–Trinajstić information content (AvgIpc) is 3.06. The zero-order valence-corrected chi connectivity index (χ0v) is 15.5. The van der Waals surface area contributed by atoms with E-state index in [0.717, 1.165) is 16.8 Å². The molecule has 138 valence electrons. The monoisotopic (exact) mass is 355 g/mol. The SMILES string of the molecule is Cc1cc(C)cc(N2CCN(C(=O)NC(C)Cn3cccn3)CC2=O)c1. The van der Waals surface area contributed by atoms with Crippen molar-refractivity contribution in [1.82, 2.24) is 20.0 Å². The fourth-order valence-electron chi connectivity index (χ4n) is 3.26. The van der Waals surface area contributed by atoms with Crippen molar-refractivity contribution in [3.8, 4) is 0 Å². The summed E-state index contributed by atoms with van der Waals surface area (Å²) in [6, 6.07) is 7.66. The number of carbonyl (C=O) groups excluding carboxylic acids is 2. The molecule has 0 saturated carbocycles. The number of benzene rings is 1. The van der Waals surface area contributed by atoms with Gasteiger partial charge in [0, 0.05) is 37.2 Å². The number of hydrogen-bond acceptors (Lipinski definition) is 3. The Labute approximate surface area is 153 Å². The molecule has 1 saturated heterocycles. The van der Waals surface area contributed by atoms with Crippen molar-refractivity contribution >= 4 is 17.6 Å². The van der Waals surface area contributed by atoms with Crippen molar-refractivity contribution < 1.29 is 9.59 Å². The van der Waals surface area contributed by atoms with E-state index in [0.29, 0.717) is 19.6 Å². The Morgan fingerprint density at radius 1 is 1.23 bits per heavy atom. The predicted octanol–water partition coefficient (Wildman–Crippen LogP) is 1.95. The molecule has 1 fully saturated rings. The molecule has 0 aliphatic carbocycles. The van der Waals surface area contributed by atoms with Gasteiger partial charge in [-0.25, -0.2) is 4.79 Å². The van der Waals surface area contributed by atoms with E-state index in [1.807, 2.05) is 45.2 Å². The summed E-state index contributed by atoms with van der Waals surface area (Å²) < 4.78 is 1.77. The van der Waals surface area contributed by atoms with E-state index in [9.17, 15) is 9.59 Å².